The Bertz CT molecular complexity index is 5740. The Morgan fingerprint density at radius 1 is 0.496 bits per heavy atom. The Hall–Kier alpha value is -12.7. The van der Waals surface area contributed by atoms with E-state index < -0.39 is 5.20 Å². The summed E-state index contributed by atoms with van der Waals surface area (Å²) in [6, 6.07) is 61.7. The zero-order valence-electron chi connectivity index (χ0n) is 66.9. The van der Waals surface area contributed by atoms with Crippen molar-refractivity contribution >= 4 is 178 Å². The van der Waals surface area contributed by atoms with E-state index in [0.717, 1.165) is 104 Å². The molecule has 0 aliphatic rings. The van der Waals surface area contributed by atoms with Gasteiger partial charge in [-0.3, -0.25) is 9.36 Å². The number of halogens is 7. The number of esters is 1. The summed E-state index contributed by atoms with van der Waals surface area (Å²) in [6.45, 7) is 14.4. The number of hydrogen-bond acceptors (Lipinski definition) is 25. The monoisotopic (exact) mass is 1820 g/mol. The van der Waals surface area contributed by atoms with Crippen LogP contribution < -0.4 is 35.2 Å². The second kappa shape index (κ2) is 60.8. The third-order valence-corrected chi connectivity index (χ3v) is 16.9. The first-order chi connectivity index (χ1) is 58.3. The molecule has 0 atom stereocenters. The van der Waals surface area contributed by atoms with Crippen molar-refractivity contribution in [3.8, 4) is 28.4 Å². The molecule has 0 saturated carbocycles. The maximum absolute atomic E-state index is 12.5. The molecule has 0 saturated heterocycles. The maximum Gasteiger partial charge on any atom is 1.00 e. The molecule has 14 rings (SSSR count). The van der Waals surface area contributed by atoms with Gasteiger partial charge < -0.3 is 26.6 Å². The smallest absolute Gasteiger partial charge is 0.870 e. The molecule has 8 aromatic heterocycles. The number of amides is 1. The molecule has 14 aromatic rings. The molecule has 0 spiro atoms. The fourth-order valence-electron chi connectivity index (χ4n) is 10.1. The molecular weight excluding hydrogens is 1750 g/mol. The van der Waals surface area contributed by atoms with Crippen molar-refractivity contribution in [3.63, 3.8) is 0 Å². The standard InChI is InChI=1S/C19H12Cl2N4O.C15H14ClN3.C15H19N3.C12H8ClN3.C9H9N3.C8H14O2.5CO2.Cl3OP.Li.H2O/c20-12-6-8-13(9-7-12)24-19(26)16-10-22-18-15(17(16)21)11-23-25(18)14-4-2-1-3-5-14;1-3-11-9-17-15-13(14(11)16)10(2)18-19(15)12-7-5-4-6-8-12;1-3-13(4-2)12-16-15-10-11-17-18(15)14-8-6-5-7-9-14;13-11-6-7-14-12-10(11)8-15-16(12)9-4-2-1-3-5-9;10-9-6-7-11-12(9)8-4-2-1-3-5-8;1-4-7(5-2)8(9)10-6-3;5*2-1-3;1-5(2,3)4;;/h1-11H,(H,24,26);4-9H,3H2,1-2H3;5-12,16H,3-4H2,1-2H3;1-8H;1-7H,10H2;4H,5-6H2,1-3H3;;;;;;;;1H2/q;;;;;;;;;;;;+1;/p-1/b;;;;;7-4+;;;;;;;;. The molecule has 0 unspecified atom stereocenters. The van der Waals surface area contributed by atoms with Crippen LogP contribution in [-0.4, -0.2) is 119 Å². The summed E-state index contributed by atoms with van der Waals surface area (Å²) in [5.74, 6) is 1.11. The molecule has 123 heavy (non-hydrogen) atoms. The molecule has 0 radical (unpaired) electrons. The molecule has 31 nitrogen and oxygen atoms in total. The summed E-state index contributed by atoms with van der Waals surface area (Å²) in [7, 11) is 0. The molecule has 6 aromatic carbocycles. The molecule has 0 fully saturated rings. The molecule has 1 amide bonds. The number of para-hydroxylation sites is 5. The Kier molecular flexibility index (Phi) is 53.5. The van der Waals surface area contributed by atoms with E-state index >= 15 is 0 Å². The molecular formula is C83H77Cl7LiN16O15P. The minimum Gasteiger partial charge on any atom is -0.870 e. The quantitative estimate of drug-likeness (QED) is 0.0371. The summed E-state index contributed by atoms with van der Waals surface area (Å²) >= 11 is 38.7. The Labute approximate surface area is 751 Å². The number of nitrogens with one attached hydrogen (secondary N) is 2. The predicted molar refractivity (Wildman–Crippen MR) is 462 cm³/mol. The van der Waals surface area contributed by atoms with Crippen LogP contribution in [0, 0.1) is 6.92 Å². The topological polar surface area (TPSA) is 439 Å². The number of allylic oxidation sites excluding steroid dienone is 2. The van der Waals surface area contributed by atoms with Crippen LogP contribution in [0.15, 0.2) is 261 Å². The Morgan fingerprint density at radius 2 is 0.911 bits per heavy atom. The van der Waals surface area contributed by atoms with Crippen molar-refractivity contribution in [3.05, 3.63) is 298 Å². The van der Waals surface area contributed by atoms with Crippen molar-refractivity contribution in [2.45, 2.75) is 74.1 Å². The number of anilines is 3. The predicted octanol–water partition coefficient (Wildman–Crippen LogP) is 16.1. The van der Waals surface area contributed by atoms with Crippen molar-refractivity contribution in [2.24, 2.45) is 0 Å². The number of pyridine rings is 3. The third kappa shape index (κ3) is 36.7. The number of nitrogens with two attached hydrogens (primary N) is 1. The van der Waals surface area contributed by atoms with Crippen LogP contribution in [-0.2, 0) is 68.5 Å². The number of benzene rings is 6. The Morgan fingerprint density at radius 3 is 1.33 bits per heavy atom. The average Bonchev–Trinajstić information content (AvgIpc) is 1.56. The van der Waals surface area contributed by atoms with Gasteiger partial charge in [0.2, 0.25) is 0 Å². The summed E-state index contributed by atoms with van der Waals surface area (Å²) in [6.07, 6.45) is 20.7. The fourth-order valence-corrected chi connectivity index (χ4v) is 11.1. The summed E-state index contributed by atoms with van der Waals surface area (Å²) in [4.78, 5) is 118. The van der Waals surface area contributed by atoms with E-state index in [1.54, 1.807) is 94.4 Å². The van der Waals surface area contributed by atoms with Crippen molar-refractivity contribution in [2.75, 3.05) is 23.0 Å². The van der Waals surface area contributed by atoms with Crippen molar-refractivity contribution in [1.29, 1.82) is 0 Å². The first-order valence-corrected chi connectivity index (χ1v) is 41.3. The number of carbonyl (C=O) groups excluding carboxylic acids is 12. The minimum absolute atomic E-state index is 0. The van der Waals surface area contributed by atoms with E-state index in [4.69, 9.17) is 105 Å². The van der Waals surface area contributed by atoms with Crippen LogP contribution in [0.2, 0.25) is 20.1 Å². The maximum atomic E-state index is 12.5. The summed E-state index contributed by atoms with van der Waals surface area (Å²) in [5.41, 5.74) is 17.8. The van der Waals surface area contributed by atoms with Gasteiger partial charge in [-0.15, -0.1) is 0 Å². The van der Waals surface area contributed by atoms with E-state index in [1.165, 1.54) is 11.8 Å². The molecule has 0 aliphatic heterocycles. The largest absolute Gasteiger partial charge is 1.00 e. The summed E-state index contributed by atoms with van der Waals surface area (Å²) in [5, 5.41) is 29.3. The van der Waals surface area contributed by atoms with Crippen LogP contribution in [0.25, 0.3) is 61.5 Å². The van der Waals surface area contributed by atoms with Gasteiger partial charge in [-0.25, -0.2) is 43.2 Å². The van der Waals surface area contributed by atoms with Gasteiger partial charge in [0.05, 0.1) is 102 Å². The molecule has 0 aliphatic carbocycles. The van der Waals surface area contributed by atoms with Gasteiger partial charge >= 0.3 is 60.8 Å². The third-order valence-electron chi connectivity index (χ3n) is 15.5. The second-order valence-corrected chi connectivity index (χ2v) is 31.0. The van der Waals surface area contributed by atoms with Gasteiger partial charge in [0, 0.05) is 53.2 Å². The van der Waals surface area contributed by atoms with Crippen LogP contribution >= 0.6 is 85.3 Å². The summed E-state index contributed by atoms with van der Waals surface area (Å²) < 4.78 is 23.2. The SMILES string of the molecule is C/C=C(\CC)C(=O)OCC.CCC(=CNc1ccnn1-c1ccccc1)CC.CCc1cnc2c(c(C)nn2-c2ccccc2)c1Cl.Clc1ccnc2c1cnn2-c1ccccc1.Nc1ccnn1-c1ccccc1.O=C(Nc1ccc(Cl)cc1)c1cnc2c(cnn2-c2ccccc2)c1Cl.O=C=O.O=C=O.O=C=O.O=C=O.O=C=O.O=P(Cl)(Cl)Cl.[Li+].[OH-]. The van der Waals surface area contributed by atoms with Gasteiger partial charge in [0.15, 0.2) is 16.9 Å². The molecule has 0 bridgehead atoms. The van der Waals surface area contributed by atoms with E-state index in [0.29, 0.717) is 44.2 Å². The normalized spacial score (nSPS) is 9.59. The molecule has 634 valence electrons. The number of nitrogens with zero attached hydrogens (tertiary/aromatic N) is 13. The second-order valence-electron chi connectivity index (χ2n) is 22.8. The minimum atomic E-state index is -3.22. The number of aryl methyl sites for hydroxylation is 2. The molecule has 40 heteroatoms. The average molecular weight is 1820 g/mol. The van der Waals surface area contributed by atoms with Gasteiger partial charge in [0.1, 0.15) is 11.6 Å². The van der Waals surface area contributed by atoms with Gasteiger partial charge in [0.25, 0.3) is 5.91 Å². The number of hydrogen-bond donors (Lipinski definition) is 3. The first-order valence-electron chi connectivity index (χ1n) is 35.4. The van der Waals surface area contributed by atoms with Crippen molar-refractivity contribution in [1.82, 2.24) is 63.9 Å². The molecule has 5 N–H and O–H groups in total. The number of aromatic nitrogens is 13. The van der Waals surface area contributed by atoms with Crippen LogP contribution in [0.3, 0.4) is 0 Å². The van der Waals surface area contributed by atoms with Crippen LogP contribution in [0.5, 0.6) is 0 Å². The number of carbonyl (C=O) groups is 2. The number of nitrogen functional groups attached to an aromatic ring is 1. The van der Waals surface area contributed by atoms with Gasteiger partial charge in [-0.2, -0.15) is 73.4 Å². The van der Waals surface area contributed by atoms with E-state index in [1.807, 2.05) is 194 Å². The Balaban J connectivity index is 0.000000716. The van der Waals surface area contributed by atoms with Gasteiger partial charge in [-0.1, -0.05) is 177 Å². The number of rotatable bonds is 15. The van der Waals surface area contributed by atoms with E-state index in [9.17, 15) is 14.2 Å². The van der Waals surface area contributed by atoms with Gasteiger partial charge in [-0.05, 0) is 177 Å². The number of ether oxygens (including phenoxy) is 1. The van der Waals surface area contributed by atoms with E-state index in [-0.39, 0.29) is 72.5 Å². The fraction of sp³-hybridized carbons (Fsp3) is 0.145. The zero-order valence-corrected chi connectivity index (χ0v) is 73.0. The van der Waals surface area contributed by atoms with Crippen LogP contribution in [0.4, 0.5) is 17.3 Å². The van der Waals surface area contributed by atoms with Crippen LogP contribution in [0.1, 0.15) is 82.4 Å². The van der Waals surface area contributed by atoms with E-state index in [2.05, 4.69) is 112 Å². The molecule has 8 heterocycles. The number of fused-ring (bicyclic) bond motifs is 3. The first kappa shape index (κ1) is 108. The zero-order chi connectivity index (χ0) is 89.7. The van der Waals surface area contributed by atoms with Crippen molar-refractivity contribution < 1.29 is 91.2 Å².